The van der Waals surface area contributed by atoms with Gasteiger partial charge in [0.25, 0.3) is 0 Å². The van der Waals surface area contributed by atoms with Crippen LogP contribution >= 0.6 is 0 Å². The van der Waals surface area contributed by atoms with Crippen LogP contribution in [0.3, 0.4) is 0 Å². The maximum atomic E-state index is 5.40. The summed E-state index contributed by atoms with van der Waals surface area (Å²) in [6, 6.07) is 10.0. The number of benzene rings is 1. The van der Waals surface area contributed by atoms with Gasteiger partial charge in [-0.15, -0.1) is 10.2 Å². The predicted molar refractivity (Wildman–Crippen MR) is 132 cm³/mol. The van der Waals surface area contributed by atoms with Gasteiger partial charge < -0.3 is 9.72 Å². The summed E-state index contributed by atoms with van der Waals surface area (Å²) in [5.74, 6) is 1.06. The number of likely N-dealkylation sites (tertiary alicyclic amines) is 1. The average Bonchev–Trinajstić information content (AvgIpc) is 3.40. The van der Waals surface area contributed by atoms with E-state index in [1.54, 1.807) is 0 Å². The Morgan fingerprint density at radius 3 is 2.58 bits per heavy atom. The lowest BCUT2D eigenvalue weighted by Gasteiger charge is -2.41. The molecule has 0 bridgehead atoms. The van der Waals surface area contributed by atoms with E-state index in [1.807, 2.05) is 6.33 Å². The second kappa shape index (κ2) is 7.96. The fraction of sp³-hybridized carbons (Fsp3) is 0.481. The molecule has 0 spiro atoms. The SMILES string of the molecule is Cc1cc(-c2[nH]c3ccc(C4CCN(C5COC5)CC4)cc3c2C(C)C)c(C)n2cnnc12. The molecule has 5 heterocycles. The molecule has 0 radical (unpaired) electrons. The number of nitrogens with zero attached hydrogens (tertiary/aromatic N) is 4. The first-order valence-corrected chi connectivity index (χ1v) is 12.3. The Hall–Kier alpha value is -2.70. The van der Waals surface area contributed by atoms with Crippen LogP contribution in [-0.2, 0) is 4.74 Å². The number of nitrogens with one attached hydrogen (secondary N) is 1. The second-order valence-corrected chi connectivity index (χ2v) is 10.2. The van der Waals surface area contributed by atoms with Gasteiger partial charge in [-0.2, -0.15) is 0 Å². The molecule has 4 aromatic rings. The summed E-state index contributed by atoms with van der Waals surface area (Å²) < 4.78 is 7.51. The number of piperidine rings is 1. The highest BCUT2D eigenvalue weighted by molar-refractivity contribution is 5.92. The quantitative estimate of drug-likeness (QED) is 0.471. The van der Waals surface area contributed by atoms with E-state index in [0.29, 0.717) is 17.9 Å². The van der Waals surface area contributed by atoms with Crippen molar-refractivity contribution < 1.29 is 4.74 Å². The minimum Gasteiger partial charge on any atom is -0.378 e. The van der Waals surface area contributed by atoms with Crippen molar-refractivity contribution >= 4 is 16.6 Å². The van der Waals surface area contributed by atoms with Gasteiger partial charge in [0.1, 0.15) is 6.33 Å². The highest BCUT2D eigenvalue weighted by Gasteiger charge is 2.30. The Bertz CT molecular complexity index is 1320. The van der Waals surface area contributed by atoms with E-state index in [2.05, 4.69) is 76.4 Å². The normalized spacial score (nSPS) is 18.6. The molecule has 172 valence electrons. The Morgan fingerprint density at radius 2 is 1.88 bits per heavy atom. The zero-order valence-electron chi connectivity index (χ0n) is 20.1. The zero-order valence-corrected chi connectivity index (χ0v) is 20.1. The second-order valence-electron chi connectivity index (χ2n) is 10.2. The van der Waals surface area contributed by atoms with Gasteiger partial charge in [-0.3, -0.25) is 9.30 Å². The van der Waals surface area contributed by atoms with Crippen molar-refractivity contribution in [3.63, 3.8) is 0 Å². The first kappa shape index (κ1) is 20.9. The Kier molecular flexibility index (Phi) is 5.03. The van der Waals surface area contributed by atoms with Crippen molar-refractivity contribution in [3.05, 3.63) is 53.0 Å². The number of hydrogen-bond acceptors (Lipinski definition) is 4. The van der Waals surface area contributed by atoms with Crippen LogP contribution in [0.1, 0.15) is 60.9 Å². The monoisotopic (exact) mass is 443 g/mol. The molecule has 2 aliphatic heterocycles. The van der Waals surface area contributed by atoms with E-state index in [0.717, 1.165) is 24.4 Å². The third kappa shape index (κ3) is 3.39. The van der Waals surface area contributed by atoms with E-state index in [9.17, 15) is 0 Å². The number of hydrogen-bond donors (Lipinski definition) is 1. The molecule has 0 amide bonds. The number of aryl methyl sites for hydroxylation is 2. The number of ether oxygens (including phenoxy) is 1. The molecule has 6 heteroatoms. The van der Waals surface area contributed by atoms with Gasteiger partial charge in [-0.05, 0) is 86.5 Å². The van der Waals surface area contributed by atoms with Crippen molar-refractivity contribution in [2.24, 2.45) is 0 Å². The van der Waals surface area contributed by atoms with Crippen molar-refractivity contribution in [1.29, 1.82) is 0 Å². The summed E-state index contributed by atoms with van der Waals surface area (Å²) in [5.41, 5.74) is 9.83. The molecular weight excluding hydrogens is 410 g/mol. The molecule has 2 fully saturated rings. The fourth-order valence-corrected chi connectivity index (χ4v) is 5.85. The van der Waals surface area contributed by atoms with Crippen molar-refractivity contribution in [2.75, 3.05) is 26.3 Å². The van der Waals surface area contributed by atoms with Crippen LogP contribution in [0.15, 0.2) is 30.6 Å². The predicted octanol–water partition coefficient (Wildman–Crippen LogP) is 5.20. The van der Waals surface area contributed by atoms with Crippen LogP contribution in [0.2, 0.25) is 0 Å². The number of H-pyrrole nitrogens is 1. The maximum Gasteiger partial charge on any atom is 0.163 e. The molecule has 33 heavy (non-hydrogen) atoms. The Morgan fingerprint density at radius 1 is 1.09 bits per heavy atom. The van der Waals surface area contributed by atoms with Gasteiger partial charge in [0.05, 0.1) is 24.9 Å². The largest absolute Gasteiger partial charge is 0.378 e. The third-order valence-corrected chi connectivity index (χ3v) is 7.86. The lowest BCUT2D eigenvalue weighted by atomic mass is 9.87. The highest BCUT2D eigenvalue weighted by Crippen LogP contribution is 2.40. The molecule has 3 aromatic heterocycles. The van der Waals surface area contributed by atoms with Gasteiger partial charge in [0.15, 0.2) is 5.65 Å². The maximum absolute atomic E-state index is 5.40. The van der Waals surface area contributed by atoms with Crippen LogP contribution in [0, 0.1) is 13.8 Å². The van der Waals surface area contributed by atoms with Gasteiger partial charge in [0, 0.05) is 22.2 Å². The van der Waals surface area contributed by atoms with Gasteiger partial charge >= 0.3 is 0 Å². The molecule has 0 aliphatic carbocycles. The van der Waals surface area contributed by atoms with Crippen LogP contribution in [0.25, 0.3) is 27.8 Å². The van der Waals surface area contributed by atoms with E-state index >= 15 is 0 Å². The number of fused-ring (bicyclic) bond motifs is 2. The first-order valence-electron chi connectivity index (χ1n) is 12.3. The van der Waals surface area contributed by atoms with Crippen LogP contribution in [-0.4, -0.2) is 56.8 Å². The molecule has 2 aliphatic rings. The Labute approximate surface area is 195 Å². The first-order chi connectivity index (χ1) is 16.0. The van der Waals surface area contributed by atoms with Crippen molar-refractivity contribution in [1.82, 2.24) is 24.5 Å². The molecular formula is C27H33N5O. The zero-order chi connectivity index (χ0) is 22.7. The van der Waals surface area contributed by atoms with Gasteiger partial charge in [-0.1, -0.05) is 19.9 Å². The van der Waals surface area contributed by atoms with Crippen LogP contribution < -0.4 is 0 Å². The van der Waals surface area contributed by atoms with E-state index in [-0.39, 0.29) is 0 Å². The molecule has 1 N–H and O–H groups in total. The van der Waals surface area contributed by atoms with E-state index < -0.39 is 0 Å². The lowest BCUT2D eigenvalue weighted by molar-refractivity contribution is -0.0712. The number of aromatic amines is 1. The van der Waals surface area contributed by atoms with Crippen LogP contribution in [0.4, 0.5) is 0 Å². The standard InChI is InChI=1S/C27H33N5O/c1-16(2)25-23-12-20(19-7-9-31(10-8-19)21-13-33-14-21)5-6-24(23)29-26(25)22-11-17(3)27-30-28-15-32(27)18(22)4/h5-6,11-12,15-16,19,21,29H,7-10,13-14H2,1-4H3. The molecule has 6 nitrogen and oxygen atoms in total. The number of aromatic nitrogens is 4. The molecule has 0 unspecified atom stereocenters. The van der Waals surface area contributed by atoms with Gasteiger partial charge in [-0.25, -0.2) is 0 Å². The molecule has 2 saturated heterocycles. The average molecular weight is 444 g/mol. The summed E-state index contributed by atoms with van der Waals surface area (Å²) in [5, 5.41) is 9.80. The smallest absolute Gasteiger partial charge is 0.163 e. The van der Waals surface area contributed by atoms with E-state index in [1.165, 1.54) is 64.9 Å². The van der Waals surface area contributed by atoms with E-state index in [4.69, 9.17) is 4.74 Å². The molecule has 0 saturated carbocycles. The molecule has 1 aromatic carbocycles. The Balaban J connectivity index is 1.40. The summed E-state index contributed by atoms with van der Waals surface area (Å²) in [7, 11) is 0. The summed E-state index contributed by atoms with van der Waals surface area (Å²) in [6.45, 7) is 13.1. The summed E-state index contributed by atoms with van der Waals surface area (Å²) >= 11 is 0. The van der Waals surface area contributed by atoms with Crippen LogP contribution in [0.5, 0.6) is 0 Å². The van der Waals surface area contributed by atoms with Crippen molar-refractivity contribution in [2.45, 2.75) is 58.4 Å². The van der Waals surface area contributed by atoms with Crippen molar-refractivity contribution in [3.8, 4) is 11.3 Å². The minimum absolute atomic E-state index is 0.417. The van der Waals surface area contributed by atoms with Gasteiger partial charge in [0.2, 0.25) is 0 Å². The fourth-order valence-electron chi connectivity index (χ4n) is 5.85. The highest BCUT2D eigenvalue weighted by atomic mass is 16.5. The summed E-state index contributed by atoms with van der Waals surface area (Å²) in [4.78, 5) is 6.40. The molecule has 6 rings (SSSR count). The summed E-state index contributed by atoms with van der Waals surface area (Å²) in [6.07, 6.45) is 4.29. The molecule has 0 atom stereocenters. The number of pyridine rings is 1. The topological polar surface area (TPSA) is 58.5 Å². The third-order valence-electron chi connectivity index (χ3n) is 7.86. The number of rotatable bonds is 4. The lowest BCUT2D eigenvalue weighted by Crippen LogP contribution is -2.51. The minimum atomic E-state index is 0.417.